The Balaban J connectivity index is 2.07. The SMILES string of the molecule is C1=NCCc2nc(-c3ccccc3)ccc21. The molecule has 2 heterocycles. The molecule has 0 unspecified atom stereocenters. The Morgan fingerprint density at radius 2 is 1.81 bits per heavy atom. The zero-order chi connectivity index (χ0) is 10.8. The van der Waals surface area contributed by atoms with Gasteiger partial charge in [-0.1, -0.05) is 30.3 Å². The number of aliphatic imine (C=N–C) groups is 1. The summed E-state index contributed by atoms with van der Waals surface area (Å²) in [5.41, 5.74) is 4.55. The molecule has 0 fully saturated rings. The van der Waals surface area contributed by atoms with E-state index in [9.17, 15) is 0 Å². The molecule has 0 saturated heterocycles. The lowest BCUT2D eigenvalue weighted by Crippen LogP contribution is -2.05. The molecule has 1 aromatic carbocycles. The van der Waals surface area contributed by atoms with Crippen LogP contribution in [0.5, 0.6) is 0 Å². The van der Waals surface area contributed by atoms with E-state index < -0.39 is 0 Å². The molecule has 1 aliphatic rings. The fourth-order valence-electron chi connectivity index (χ4n) is 1.93. The molecule has 0 radical (unpaired) electrons. The van der Waals surface area contributed by atoms with Crippen molar-refractivity contribution in [3.05, 3.63) is 53.7 Å². The topological polar surface area (TPSA) is 25.2 Å². The second-order valence-electron chi connectivity index (χ2n) is 3.88. The summed E-state index contributed by atoms with van der Waals surface area (Å²) in [6.07, 6.45) is 2.87. The molecular formula is C14H12N2. The summed E-state index contributed by atoms with van der Waals surface area (Å²) >= 11 is 0. The summed E-state index contributed by atoms with van der Waals surface area (Å²) in [6.45, 7) is 0.859. The van der Waals surface area contributed by atoms with Crippen molar-refractivity contribution in [2.24, 2.45) is 4.99 Å². The number of rotatable bonds is 1. The van der Waals surface area contributed by atoms with Gasteiger partial charge in [-0.05, 0) is 12.1 Å². The molecule has 1 aliphatic heterocycles. The monoisotopic (exact) mass is 208 g/mol. The third-order valence-corrected chi connectivity index (χ3v) is 2.79. The summed E-state index contributed by atoms with van der Waals surface area (Å²) in [5, 5.41) is 0. The Bertz CT molecular complexity index is 530. The number of hydrogen-bond donors (Lipinski definition) is 0. The Kier molecular flexibility index (Phi) is 2.26. The fourth-order valence-corrected chi connectivity index (χ4v) is 1.93. The number of fused-ring (bicyclic) bond motifs is 1. The van der Waals surface area contributed by atoms with E-state index in [1.165, 1.54) is 5.56 Å². The molecule has 0 N–H and O–H groups in total. The number of nitrogens with zero attached hydrogens (tertiary/aromatic N) is 2. The van der Waals surface area contributed by atoms with Crippen LogP contribution in [-0.2, 0) is 6.42 Å². The van der Waals surface area contributed by atoms with Crippen LogP contribution in [0, 0.1) is 0 Å². The molecule has 2 heteroatoms. The van der Waals surface area contributed by atoms with Crippen LogP contribution in [0.2, 0.25) is 0 Å². The first-order chi connectivity index (χ1) is 7.93. The molecule has 1 aromatic heterocycles. The van der Waals surface area contributed by atoms with Crippen LogP contribution in [0.1, 0.15) is 11.3 Å². The highest BCUT2D eigenvalue weighted by Gasteiger charge is 2.08. The van der Waals surface area contributed by atoms with Crippen LogP contribution in [0.3, 0.4) is 0 Å². The number of aromatic nitrogens is 1. The van der Waals surface area contributed by atoms with E-state index in [0.717, 1.165) is 29.9 Å². The molecular weight excluding hydrogens is 196 g/mol. The average molecular weight is 208 g/mol. The summed E-state index contributed by atoms with van der Waals surface area (Å²) < 4.78 is 0. The first kappa shape index (κ1) is 9.28. The van der Waals surface area contributed by atoms with E-state index >= 15 is 0 Å². The molecule has 16 heavy (non-hydrogen) atoms. The predicted octanol–water partition coefficient (Wildman–Crippen LogP) is 2.72. The van der Waals surface area contributed by atoms with Crippen molar-refractivity contribution in [2.45, 2.75) is 6.42 Å². The Morgan fingerprint density at radius 3 is 2.69 bits per heavy atom. The van der Waals surface area contributed by atoms with E-state index in [0.29, 0.717) is 0 Å². The van der Waals surface area contributed by atoms with Crippen LogP contribution in [0.15, 0.2) is 47.5 Å². The number of hydrogen-bond acceptors (Lipinski definition) is 2. The second-order valence-corrected chi connectivity index (χ2v) is 3.88. The van der Waals surface area contributed by atoms with Gasteiger partial charge in [0, 0.05) is 30.3 Å². The van der Waals surface area contributed by atoms with Gasteiger partial charge in [-0.2, -0.15) is 0 Å². The highest BCUT2D eigenvalue weighted by atomic mass is 14.8. The van der Waals surface area contributed by atoms with Crippen LogP contribution in [-0.4, -0.2) is 17.7 Å². The molecule has 2 nitrogen and oxygen atoms in total. The molecule has 0 bridgehead atoms. The van der Waals surface area contributed by atoms with Crippen LogP contribution >= 0.6 is 0 Å². The number of benzene rings is 1. The van der Waals surface area contributed by atoms with Gasteiger partial charge in [0.1, 0.15) is 0 Å². The molecule has 78 valence electrons. The van der Waals surface area contributed by atoms with E-state index in [1.54, 1.807) is 0 Å². The van der Waals surface area contributed by atoms with Crippen LogP contribution in [0.4, 0.5) is 0 Å². The second kappa shape index (κ2) is 3.89. The standard InChI is InChI=1S/C14H12N2/c1-2-4-11(5-3-1)13-7-6-12-10-15-9-8-14(12)16-13/h1-7,10H,8-9H2. The summed E-state index contributed by atoms with van der Waals surface area (Å²) in [6, 6.07) is 14.4. The maximum atomic E-state index is 4.69. The maximum absolute atomic E-state index is 4.69. The Hall–Kier alpha value is -1.96. The van der Waals surface area contributed by atoms with Crippen LogP contribution in [0.25, 0.3) is 11.3 Å². The van der Waals surface area contributed by atoms with E-state index in [1.807, 2.05) is 24.4 Å². The van der Waals surface area contributed by atoms with Crippen molar-refractivity contribution in [2.75, 3.05) is 6.54 Å². The highest BCUT2D eigenvalue weighted by molar-refractivity contribution is 5.82. The van der Waals surface area contributed by atoms with Crippen molar-refractivity contribution >= 4 is 6.21 Å². The normalized spacial score (nSPS) is 13.5. The molecule has 0 atom stereocenters. The van der Waals surface area contributed by atoms with E-state index in [-0.39, 0.29) is 0 Å². The van der Waals surface area contributed by atoms with Crippen LogP contribution < -0.4 is 0 Å². The largest absolute Gasteiger partial charge is 0.292 e. The third-order valence-electron chi connectivity index (χ3n) is 2.79. The van der Waals surface area contributed by atoms with Crippen molar-refractivity contribution in [3.8, 4) is 11.3 Å². The lowest BCUT2D eigenvalue weighted by Gasteiger charge is -2.10. The molecule has 0 saturated carbocycles. The molecule has 0 amide bonds. The first-order valence-electron chi connectivity index (χ1n) is 5.49. The lowest BCUT2D eigenvalue weighted by molar-refractivity contribution is 0.908. The van der Waals surface area contributed by atoms with Gasteiger partial charge in [-0.3, -0.25) is 9.98 Å². The van der Waals surface area contributed by atoms with E-state index in [4.69, 9.17) is 4.98 Å². The third kappa shape index (κ3) is 1.63. The maximum Gasteiger partial charge on any atom is 0.0705 e. The summed E-state index contributed by atoms with van der Waals surface area (Å²) in [5.74, 6) is 0. The van der Waals surface area contributed by atoms with Gasteiger partial charge in [0.2, 0.25) is 0 Å². The van der Waals surface area contributed by atoms with Gasteiger partial charge in [-0.15, -0.1) is 0 Å². The Morgan fingerprint density at radius 1 is 0.938 bits per heavy atom. The summed E-state index contributed by atoms with van der Waals surface area (Å²) in [7, 11) is 0. The smallest absolute Gasteiger partial charge is 0.0705 e. The fraction of sp³-hybridized carbons (Fsp3) is 0.143. The van der Waals surface area contributed by atoms with Gasteiger partial charge < -0.3 is 0 Å². The molecule has 3 rings (SSSR count). The van der Waals surface area contributed by atoms with Gasteiger partial charge in [-0.25, -0.2) is 0 Å². The minimum absolute atomic E-state index is 0.859. The van der Waals surface area contributed by atoms with Gasteiger partial charge >= 0.3 is 0 Å². The first-order valence-corrected chi connectivity index (χ1v) is 5.49. The summed E-state index contributed by atoms with van der Waals surface area (Å²) in [4.78, 5) is 8.95. The molecule has 2 aromatic rings. The zero-order valence-electron chi connectivity index (χ0n) is 8.93. The van der Waals surface area contributed by atoms with Gasteiger partial charge in [0.05, 0.1) is 11.4 Å². The van der Waals surface area contributed by atoms with Gasteiger partial charge in [0.25, 0.3) is 0 Å². The minimum atomic E-state index is 0.859. The minimum Gasteiger partial charge on any atom is -0.292 e. The highest BCUT2D eigenvalue weighted by Crippen LogP contribution is 2.19. The number of pyridine rings is 1. The molecule has 0 spiro atoms. The predicted molar refractivity (Wildman–Crippen MR) is 65.8 cm³/mol. The van der Waals surface area contributed by atoms with E-state index in [2.05, 4.69) is 29.3 Å². The average Bonchev–Trinajstić information content (AvgIpc) is 2.39. The molecule has 0 aliphatic carbocycles. The van der Waals surface area contributed by atoms with Crippen molar-refractivity contribution in [3.63, 3.8) is 0 Å². The Labute approximate surface area is 94.7 Å². The van der Waals surface area contributed by atoms with Crippen molar-refractivity contribution in [1.82, 2.24) is 4.98 Å². The lowest BCUT2D eigenvalue weighted by atomic mass is 10.1. The zero-order valence-corrected chi connectivity index (χ0v) is 8.93. The van der Waals surface area contributed by atoms with Crippen molar-refractivity contribution in [1.29, 1.82) is 0 Å². The van der Waals surface area contributed by atoms with Gasteiger partial charge in [0.15, 0.2) is 0 Å². The van der Waals surface area contributed by atoms with Crippen molar-refractivity contribution < 1.29 is 0 Å². The quantitative estimate of drug-likeness (QED) is 0.707.